The number of phenolic OH excluding ortho intramolecular Hbond substituents is 2. The quantitative estimate of drug-likeness (QED) is 0.727. The summed E-state index contributed by atoms with van der Waals surface area (Å²) in [5.41, 5.74) is 2.20. The summed E-state index contributed by atoms with van der Waals surface area (Å²) in [6, 6.07) is 7.34. The highest BCUT2D eigenvalue weighted by molar-refractivity contribution is 6.02. The third-order valence-corrected chi connectivity index (χ3v) is 4.89. The summed E-state index contributed by atoms with van der Waals surface area (Å²) < 4.78 is 12.0. The summed E-state index contributed by atoms with van der Waals surface area (Å²) in [6.07, 6.45) is 3.73. The van der Waals surface area contributed by atoms with Gasteiger partial charge in [-0.1, -0.05) is 36.4 Å². The van der Waals surface area contributed by atoms with Crippen LogP contribution in [0.15, 0.2) is 42.2 Å². The molecule has 4 aliphatic rings. The molecule has 116 valence electrons. The number of phenols is 2. The highest BCUT2D eigenvalue weighted by Gasteiger charge is 2.50. The Morgan fingerprint density at radius 2 is 1.74 bits per heavy atom. The summed E-state index contributed by atoms with van der Waals surface area (Å²) in [5.74, 6) is 0.293. The molecule has 1 heterocycles. The molecule has 2 N–H and O–H groups in total. The molecule has 6 rings (SSSR count). The number of ether oxygens (including phenoxy) is 2. The minimum atomic E-state index is -0.706. The third-order valence-electron chi connectivity index (χ3n) is 4.89. The Morgan fingerprint density at radius 1 is 1.04 bits per heavy atom. The number of aromatic hydroxyl groups is 2. The molecule has 0 radical (unpaired) electrons. The van der Waals surface area contributed by atoms with Crippen molar-refractivity contribution in [2.75, 3.05) is 0 Å². The lowest BCUT2D eigenvalue weighted by Crippen LogP contribution is -2.28. The van der Waals surface area contributed by atoms with E-state index in [9.17, 15) is 10.2 Å². The van der Waals surface area contributed by atoms with Crippen molar-refractivity contribution >= 4 is 16.3 Å². The van der Waals surface area contributed by atoms with E-state index in [-0.39, 0.29) is 23.5 Å². The van der Waals surface area contributed by atoms with Gasteiger partial charge in [0.25, 0.3) is 0 Å². The Morgan fingerprint density at radius 3 is 2.48 bits per heavy atom. The number of allylic oxidation sites excluding steroid dienone is 2. The number of fused-ring (bicyclic) bond motifs is 1. The van der Waals surface area contributed by atoms with E-state index in [4.69, 9.17) is 9.47 Å². The number of rotatable bonds is 0. The largest absolute Gasteiger partial charge is 0.507 e. The van der Waals surface area contributed by atoms with Gasteiger partial charge in [0.2, 0.25) is 5.79 Å². The first-order valence-corrected chi connectivity index (χ1v) is 7.74. The SMILES string of the molecule is CC1(C)OC2=C3C=CC(c4c3c(O)c3ccccc3c4O)C2O1. The molecule has 1 aliphatic heterocycles. The van der Waals surface area contributed by atoms with E-state index in [1.807, 2.05) is 50.3 Å². The second-order valence-corrected chi connectivity index (χ2v) is 6.73. The molecule has 2 aromatic carbocycles. The lowest BCUT2D eigenvalue weighted by atomic mass is 9.73. The molecule has 1 saturated heterocycles. The van der Waals surface area contributed by atoms with Crippen LogP contribution in [-0.4, -0.2) is 22.1 Å². The number of benzene rings is 2. The molecule has 3 aliphatic carbocycles. The monoisotopic (exact) mass is 308 g/mol. The van der Waals surface area contributed by atoms with Crippen molar-refractivity contribution in [3.8, 4) is 11.5 Å². The van der Waals surface area contributed by atoms with Crippen molar-refractivity contribution in [3.63, 3.8) is 0 Å². The summed E-state index contributed by atoms with van der Waals surface area (Å²) in [5, 5.41) is 22.9. The molecule has 23 heavy (non-hydrogen) atoms. The van der Waals surface area contributed by atoms with Gasteiger partial charge in [0.1, 0.15) is 23.4 Å². The van der Waals surface area contributed by atoms with Gasteiger partial charge in [-0.15, -0.1) is 0 Å². The minimum absolute atomic E-state index is 0.158. The molecular formula is C19H16O4. The van der Waals surface area contributed by atoms with Crippen molar-refractivity contribution in [1.29, 1.82) is 0 Å². The van der Waals surface area contributed by atoms with Gasteiger partial charge in [0, 0.05) is 47.2 Å². The lowest BCUT2D eigenvalue weighted by molar-refractivity contribution is -0.134. The topological polar surface area (TPSA) is 58.9 Å². The smallest absolute Gasteiger partial charge is 0.205 e. The molecule has 0 aromatic heterocycles. The van der Waals surface area contributed by atoms with E-state index in [0.29, 0.717) is 16.3 Å². The zero-order chi connectivity index (χ0) is 15.9. The molecule has 2 aromatic rings. The Labute approximate surface area is 133 Å². The summed E-state index contributed by atoms with van der Waals surface area (Å²) in [6.45, 7) is 3.75. The molecule has 2 unspecified atom stereocenters. The maximum atomic E-state index is 10.8. The predicted molar refractivity (Wildman–Crippen MR) is 86.1 cm³/mol. The van der Waals surface area contributed by atoms with Crippen molar-refractivity contribution < 1.29 is 19.7 Å². The standard InChI is InChI=1S/C19H16O4/c1-19(2)22-17-11-7-8-12(18(17)23-19)14-13(11)15(20)9-5-3-4-6-10(9)16(14)21/h3-8,11,17,20-21H,1-2H3. The highest BCUT2D eigenvalue weighted by Crippen LogP contribution is 2.57. The highest BCUT2D eigenvalue weighted by atomic mass is 16.7. The first-order valence-electron chi connectivity index (χ1n) is 7.74. The van der Waals surface area contributed by atoms with Gasteiger partial charge in [0.15, 0.2) is 0 Å². The maximum Gasteiger partial charge on any atom is 0.205 e. The van der Waals surface area contributed by atoms with Crippen LogP contribution in [0.5, 0.6) is 11.5 Å². The van der Waals surface area contributed by atoms with Crippen LogP contribution in [0.4, 0.5) is 0 Å². The van der Waals surface area contributed by atoms with Crippen LogP contribution in [0, 0.1) is 0 Å². The van der Waals surface area contributed by atoms with E-state index >= 15 is 0 Å². The van der Waals surface area contributed by atoms with E-state index in [1.54, 1.807) is 0 Å². The van der Waals surface area contributed by atoms with Crippen molar-refractivity contribution in [2.45, 2.75) is 31.7 Å². The average molecular weight is 308 g/mol. The first-order chi connectivity index (χ1) is 11.0. The zero-order valence-corrected chi connectivity index (χ0v) is 12.8. The van der Waals surface area contributed by atoms with E-state index in [1.165, 1.54) is 0 Å². The van der Waals surface area contributed by atoms with Crippen LogP contribution in [-0.2, 0) is 9.47 Å². The molecule has 4 heteroatoms. The molecular weight excluding hydrogens is 292 g/mol. The summed E-state index contributed by atoms with van der Waals surface area (Å²) >= 11 is 0. The second kappa shape index (κ2) is 3.89. The molecule has 0 spiro atoms. The van der Waals surface area contributed by atoms with Gasteiger partial charge in [-0.3, -0.25) is 0 Å². The Bertz CT molecular complexity index is 936. The molecule has 2 bridgehead atoms. The fourth-order valence-corrected chi connectivity index (χ4v) is 4.01. The Hall–Kier alpha value is -2.46. The average Bonchev–Trinajstić information content (AvgIpc) is 2.88. The van der Waals surface area contributed by atoms with E-state index in [0.717, 1.165) is 16.9 Å². The van der Waals surface area contributed by atoms with Crippen LogP contribution in [0.1, 0.15) is 30.9 Å². The van der Waals surface area contributed by atoms with Gasteiger partial charge in [-0.2, -0.15) is 0 Å². The Balaban J connectivity index is 1.89. The summed E-state index contributed by atoms with van der Waals surface area (Å²) in [4.78, 5) is 0. The number of hydrogen-bond donors (Lipinski definition) is 2. The van der Waals surface area contributed by atoms with E-state index in [2.05, 4.69) is 0 Å². The maximum absolute atomic E-state index is 10.8. The molecule has 0 amide bonds. The van der Waals surface area contributed by atoms with Crippen LogP contribution in [0.2, 0.25) is 0 Å². The van der Waals surface area contributed by atoms with Crippen molar-refractivity contribution in [3.05, 3.63) is 53.3 Å². The fourth-order valence-electron chi connectivity index (χ4n) is 4.01. The molecule has 1 fully saturated rings. The molecule has 2 atom stereocenters. The first kappa shape index (κ1) is 13.0. The van der Waals surface area contributed by atoms with Crippen LogP contribution < -0.4 is 0 Å². The van der Waals surface area contributed by atoms with Crippen LogP contribution in [0.3, 0.4) is 0 Å². The normalized spacial score (nSPS) is 26.3. The minimum Gasteiger partial charge on any atom is -0.507 e. The molecule has 4 nitrogen and oxygen atoms in total. The fraction of sp³-hybridized carbons (Fsp3) is 0.263. The van der Waals surface area contributed by atoms with Gasteiger partial charge >= 0.3 is 0 Å². The van der Waals surface area contributed by atoms with Crippen LogP contribution >= 0.6 is 0 Å². The van der Waals surface area contributed by atoms with Gasteiger partial charge in [-0.25, -0.2) is 0 Å². The lowest BCUT2D eigenvalue weighted by Gasteiger charge is -2.34. The predicted octanol–water partition coefficient (Wildman–Crippen LogP) is 3.78. The van der Waals surface area contributed by atoms with Crippen molar-refractivity contribution in [1.82, 2.24) is 0 Å². The molecule has 0 saturated carbocycles. The van der Waals surface area contributed by atoms with E-state index < -0.39 is 5.79 Å². The zero-order valence-electron chi connectivity index (χ0n) is 12.8. The van der Waals surface area contributed by atoms with Gasteiger partial charge in [0.05, 0.1) is 0 Å². The third kappa shape index (κ3) is 1.49. The van der Waals surface area contributed by atoms with Gasteiger partial charge in [-0.05, 0) is 0 Å². The number of hydrogen-bond acceptors (Lipinski definition) is 4. The van der Waals surface area contributed by atoms with Crippen molar-refractivity contribution in [2.24, 2.45) is 0 Å². The Kier molecular flexibility index (Phi) is 2.20. The van der Waals surface area contributed by atoms with Gasteiger partial charge < -0.3 is 19.7 Å². The second-order valence-electron chi connectivity index (χ2n) is 6.73. The van der Waals surface area contributed by atoms with Crippen LogP contribution in [0.25, 0.3) is 16.3 Å². The summed E-state index contributed by atoms with van der Waals surface area (Å²) in [7, 11) is 0.